The predicted molar refractivity (Wildman–Crippen MR) is 124 cm³/mol. The van der Waals surface area contributed by atoms with Gasteiger partial charge in [0, 0.05) is 29.4 Å². The van der Waals surface area contributed by atoms with E-state index in [4.69, 9.17) is 9.47 Å². The third-order valence-corrected chi connectivity index (χ3v) is 4.57. The van der Waals surface area contributed by atoms with Gasteiger partial charge in [0.05, 0.1) is 13.2 Å². The number of hydrogen-bond acceptors (Lipinski definition) is 5. The van der Waals surface area contributed by atoms with Crippen molar-refractivity contribution in [3.63, 3.8) is 0 Å². The molecule has 0 saturated heterocycles. The van der Waals surface area contributed by atoms with Gasteiger partial charge in [-0.2, -0.15) is 0 Å². The molecule has 0 unspecified atom stereocenters. The van der Waals surface area contributed by atoms with Crippen molar-refractivity contribution in [2.24, 2.45) is 0 Å². The van der Waals surface area contributed by atoms with Crippen molar-refractivity contribution < 1.29 is 23.9 Å². The molecular formula is C25H30N2O5. The largest absolute Gasteiger partial charge is 0.490 e. The molecule has 2 aromatic carbocycles. The first-order valence-electron chi connectivity index (χ1n) is 10.6. The topological polar surface area (TPSA) is 93.7 Å². The van der Waals surface area contributed by atoms with E-state index in [1.807, 2.05) is 32.0 Å². The van der Waals surface area contributed by atoms with Gasteiger partial charge >= 0.3 is 0 Å². The predicted octanol–water partition coefficient (Wildman–Crippen LogP) is 3.93. The Hall–Kier alpha value is -3.61. The standard InChI is InChI=1S/C25H30N2O5/c1-5-31-22-12-7-19(16-23(22)32-6-2)13-14-26-25(30)17(3)15-24(29)27-21-10-8-20(9-11-21)18(4)28/h7-12,15-16H,5-6,13-14H2,1-4H3,(H,26,30)(H,27,29)/b17-15-. The van der Waals surface area contributed by atoms with E-state index < -0.39 is 5.91 Å². The van der Waals surface area contributed by atoms with Crippen molar-refractivity contribution in [1.82, 2.24) is 5.32 Å². The molecule has 0 aliphatic carbocycles. The third kappa shape index (κ3) is 7.58. The van der Waals surface area contributed by atoms with Crippen LogP contribution in [0.1, 0.15) is 43.6 Å². The van der Waals surface area contributed by atoms with E-state index in [-0.39, 0.29) is 11.7 Å². The minimum absolute atomic E-state index is 0.0466. The smallest absolute Gasteiger partial charge is 0.248 e. The van der Waals surface area contributed by atoms with Gasteiger partial charge in [-0.1, -0.05) is 6.07 Å². The van der Waals surface area contributed by atoms with Crippen LogP contribution in [0.3, 0.4) is 0 Å². The molecule has 7 heteroatoms. The van der Waals surface area contributed by atoms with Crippen LogP contribution in [0.25, 0.3) is 0 Å². The molecule has 32 heavy (non-hydrogen) atoms. The number of rotatable bonds is 11. The molecule has 0 aromatic heterocycles. The van der Waals surface area contributed by atoms with E-state index in [9.17, 15) is 14.4 Å². The summed E-state index contributed by atoms with van der Waals surface area (Å²) in [5, 5.41) is 5.49. The summed E-state index contributed by atoms with van der Waals surface area (Å²) in [6, 6.07) is 12.3. The monoisotopic (exact) mass is 438 g/mol. The van der Waals surface area contributed by atoms with Crippen LogP contribution in [0.2, 0.25) is 0 Å². The maximum Gasteiger partial charge on any atom is 0.248 e. The molecule has 2 aromatic rings. The molecule has 0 aliphatic rings. The van der Waals surface area contributed by atoms with Crippen LogP contribution >= 0.6 is 0 Å². The van der Waals surface area contributed by atoms with Crippen molar-refractivity contribution in [3.05, 3.63) is 65.2 Å². The van der Waals surface area contributed by atoms with Crippen LogP contribution in [-0.4, -0.2) is 37.4 Å². The second-order valence-corrected chi connectivity index (χ2v) is 7.10. The first-order valence-corrected chi connectivity index (χ1v) is 10.6. The molecule has 0 spiro atoms. The number of carbonyl (C=O) groups is 3. The molecule has 0 heterocycles. The highest BCUT2D eigenvalue weighted by Gasteiger charge is 2.09. The molecule has 0 aliphatic heterocycles. The fourth-order valence-electron chi connectivity index (χ4n) is 2.94. The van der Waals surface area contributed by atoms with E-state index in [2.05, 4.69) is 10.6 Å². The lowest BCUT2D eigenvalue weighted by molar-refractivity contribution is -0.118. The van der Waals surface area contributed by atoms with E-state index in [0.717, 1.165) is 5.56 Å². The molecular weight excluding hydrogens is 408 g/mol. The molecule has 0 bridgehead atoms. The van der Waals surface area contributed by atoms with E-state index in [1.54, 1.807) is 31.2 Å². The Bertz CT molecular complexity index is 980. The number of nitrogens with one attached hydrogen (secondary N) is 2. The van der Waals surface area contributed by atoms with Crippen LogP contribution in [0, 0.1) is 0 Å². The second-order valence-electron chi connectivity index (χ2n) is 7.10. The minimum Gasteiger partial charge on any atom is -0.490 e. The van der Waals surface area contributed by atoms with Crippen LogP contribution in [0.5, 0.6) is 11.5 Å². The highest BCUT2D eigenvalue weighted by Crippen LogP contribution is 2.28. The Balaban J connectivity index is 1.87. The van der Waals surface area contributed by atoms with Crippen molar-refractivity contribution in [1.29, 1.82) is 0 Å². The van der Waals surface area contributed by atoms with Crippen molar-refractivity contribution in [2.45, 2.75) is 34.1 Å². The maximum atomic E-state index is 12.3. The Morgan fingerprint density at radius 1 is 0.906 bits per heavy atom. The average Bonchev–Trinajstić information content (AvgIpc) is 2.76. The zero-order valence-electron chi connectivity index (χ0n) is 19.0. The summed E-state index contributed by atoms with van der Waals surface area (Å²) in [6.07, 6.45) is 1.86. The van der Waals surface area contributed by atoms with Gasteiger partial charge < -0.3 is 20.1 Å². The third-order valence-electron chi connectivity index (χ3n) is 4.57. The molecule has 0 saturated carbocycles. The van der Waals surface area contributed by atoms with Crippen LogP contribution < -0.4 is 20.1 Å². The lowest BCUT2D eigenvalue weighted by atomic mass is 10.1. The number of ether oxygens (including phenoxy) is 2. The summed E-state index contributed by atoms with van der Waals surface area (Å²) >= 11 is 0. The number of Topliss-reactive ketones (excluding diaryl/α,β-unsaturated/α-hetero) is 1. The summed E-state index contributed by atoms with van der Waals surface area (Å²) in [4.78, 5) is 35.8. The number of benzene rings is 2. The first kappa shape index (κ1) is 24.7. The molecule has 2 amide bonds. The molecule has 2 N–H and O–H groups in total. The first-order chi connectivity index (χ1) is 15.3. The van der Waals surface area contributed by atoms with Gasteiger partial charge in [0.25, 0.3) is 0 Å². The number of carbonyl (C=O) groups excluding carboxylic acids is 3. The van der Waals surface area contributed by atoms with Gasteiger partial charge in [-0.15, -0.1) is 0 Å². The van der Waals surface area contributed by atoms with Gasteiger partial charge in [0.1, 0.15) is 0 Å². The quantitative estimate of drug-likeness (QED) is 0.410. The second kappa shape index (κ2) is 12.3. The number of ketones is 1. The zero-order chi connectivity index (χ0) is 23.5. The van der Waals surface area contributed by atoms with Gasteiger partial charge in [-0.05, 0) is 76.1 Å². The average molecular weight is 439 g/mol. The Morgan fingerprint density at radius 3 is 2.19 bits per heavy atom. The molecule has 2 rings (SSSR count). The van der Waals surface area contributed by atoms with Crippen molar-refractivity contribution in [2.75, 3.05) is 25.1 Å². The number of amides is 2. The zero-order valence-corrected chi connectivity index (χ0v) is 19.0. The fraction of sp³-hybridized carbons (Fsp3) is 0.320. The van der Waals surface area contributed by atoms with E-state index >= 15 is 0 Å². The minimum atomic E-state index is -0.416. The molecule has 0 fully saturated rings. The van der Waals surface area contributed by atoms with Crippen molar-refractivity contribution >= 4 is 23.3 Å². The van der Waals surface area contributed by atoms with Crippen LogP contribution in [0.4, 0.5) is 5.69 Å². The summed E-state index contributed by atoms with van der Waals surface area (Å²) in [7, 11) is 0. The molecule has 0 atom stereocenters. The highest BCUT2D eigenvalue weighted by atomic mass is 16.5. The summed E-state index contributed by atoms with van der Waals surface area (Å²) < 4.78 is 11.2. The summed E-state index contributed by atoms with van der Waals surface area (Å²) in [5.74, 6) is 0.601. The Morgan fingerprint density at radius 2 is 1.56 bits per heavy atom. The van der Waals surface area contributed by atoms with Gasteiger partial charge in [0.2, 0.25) is 11.8 Å². The van der Waals surface area contributed by atoms with Crippen molar-refractivity contribution in [3.8, 4) is 11.5 Å². The van der Waals surface area contributed by atoms with Gasteiger partial charge in [-0.25, -0.2) is 0 Å². The summed E-state index contributed by atoms with van der Waals surface area (Å²) in [6.45, 7) is 8.39. The molecule has 7 nitrogen and oxygen atoms in total. The Labute approximate surface area is 188 Å². The molecule has 0 radical (unpaired) electrons. The number of hydrogen-bond donors (Lipinski definition) is 2. The van der Waals surface area contributed by atoms with Crippen LogP contribution in [-0.2, 0) is 16.0 Å². The van der Waals surface area contributed by atoms with E-state index in [1.165, 1.54) is 13.0 Å². The fourth-order valence-corrected chi connectivity index (χ4v) is 2.94. The Kier molecular flexibility index (Phi) is 9.47. The molecule has 170 valence electrons. The number of anilines is 1. The highest BCUT2D eigenvalue weighted by molar-refractivity contribution is 6.06. The SMILES string of the molecule is CCOc1ccc(CCNC(=O)/C(C)=C\C(=O)Nc2ccc(C(C)=O)cc2)cc1OCC. The van der Waals surface area contributed by atoms with Crippen LogP contribution in [0.15, 0.2) is 54.1 Å². The maximum absolute atomic E-state index is 12.3. The normalized spacial score (nSPS) is 10.9. The lowest BCUT2D eigenvalue weighted by Crippen LogP contribution is -2.27. The summed E-state index contributed by atoms with van der Waals surface area (Å²) in [5.41, 5.74) is 2.41. The van der Waals surface area contributed by atoms with Gasteiger partial charge in [-0.3, -0.25) is 14.4 Å². The van der Waals surface area contributed by atoms with Gasteiger partial charge in [0.15, 0.2) is 17.3 Å². The lowest BCUT2D eigenvalue weighted by Gasteiger charge is -2.12. The van der Waals surface area contributed by atoms with E-state index in [0.29, 0.717) is 54.5 Å².